The van der Waals surface area contributed by atoms with Gasteiger partial charge in [0.05, 0.1) is 12.8 Å². The van der Waals surface area contributed by atoms with Crippen molar-refractivity contribution < 1.29 is 9.53 Å². The van der Waals surface area contributed by atoms with Crippen LogP contribution in [0.25, 0.3) is 16.2 Å². The molecule has 0 aliphatic carbocycles. The molecule has 4 aromatic rings. The number of hydrogen-bond donors (Lipinski definition) is 1. The number of carbonyl (C=O) groups is 1. The molecule has 4 rings (SSSR count). The number of aryl methyl sites for hydroxylation is 1. The third kappa shape index (κ3) is 2.93. The number of hydrogen-bond acceptors (Lipinski definition) is 5. The van der Waals surface area contributed by atoms with Gasteiger partial charge >= 0.3 is 0 Å². The van der Waals surface area contributed by atoms with Crippen LogP contribution in [0.4, 0.5) is 5.82 Å². The van der Waals surface area contributed by atoms with Crippen molar-refractivity contribution in [3.8, 4) is 17.0 Å². The van der Waals surface area contributed by atoms with E-state index in [4.69, 9.17) is 4.74 Å². The molecule has 1 N–H and O–H groups in total. The van der Waals surface area contributed by atoms with Crippen LogP contribution >= 0.6 is 11.3 Å². The standard InChI is InChI=1S/C19H16N4O2S/c1-12-4-3-9-20-17(12)22-18(24)16-11-26-19-21-15(10-23(16)19)13-5-7-14(25-2)8-6-13/h3-11H,1-2H3,(H,20,22,24). The van der Waals surface area contributed by atoms with Gasteiger partial charge in [-0.05, 0) is 42.8 Å². The molecule has 0 atom stereocenters. The van der Waals surface area contributed by atoms with Crippen LogP contribution in [0.2, 0.25) is 0 Å². The van der Waals surface area contributed by atoms with Gasteiger partial charge in [0.1, 0.15) is 17.3 Å². The van der Waals surface area contributed by atoms with Gasteiger partial charge in [-0.1, -0.05) is 6.07 Å². The average Bonchev–Trinajstić information content (AvgIpc) is 3.24. The van der Waals surface area contributed by atoms with Crippen LogP contribution in [0.3, 0.4) is 0 Å². The number of anilines is 1. The van der Waals surface area contributed by atoms with E-state index in [1.165, 1.54) is 11.3 Å². The Morgan fingerprint density at radius 3 is 2.77 bits per heavy atom. The Morgan fingerprint density at radius 1 is 1.23 bits per heavy atom. The van der Waals surface area contributed by atoms with Crippen molar-refractivity contribution in [1.29, 1.82) is 0 Å². The first-order valence-electron chi connectivity index (χ1n) is 7.99. The second kappa shape index (κ2) is 6.61. The fraction of sp³-hybridized carbons (Fsp3) is 0.105. The van der Waals surface area contributed by atoms with Crippen molar-refractivity contribution in [1.82, 2.24) is 14.4 Å². The maximum atomic E-state index is 12.7. The molecule has 0 bridgehead atoms. The molecule has 1 aromatic carbocycles. The summed E-state index contributed by atoms with van der Waals surface area (Å²) in [7, 11) is 1.63. The van der Waals surface area contributed by atoms with Crippen LogP contribution in [0.15, 0.2) is 54.2 Å². The first-order chi connectivity index (χ1) is 12.7. The molecule has 0 unspecified atom stereocenters. The number of aromatic nitrogens is 3. The van der Waals surface area contributed by atoms with E-state index in [1.54, 1.807) is 23.1 Å². The second-order valence-electron chi connectivity index (χ2n) is 5.75. The Morgan fingerprint density at radius 2 is 2.04 bits per heavy atom. The highest BCUT2D eigenvalue weighted by molar-refractivity contribution is 7.15. The first-order valence-corrected chi connectivity index (χ1v) is 8.87. The van der Waals surface area contributed by atoms with E-state index in [1.807, 2.05) is 49.5 Å². The normalized spacial score (nSPS) is 10.8. The average molecular weight is 364 g/mol. The second-order valence-corrected chi connectivity index (χ2v) is 6.59. The smallest absolute Gasteiger partial charge is 0.274 e. The summed E-state index contributed by atoms with van der Waals surface area (Å²) in [6, 6.07) is 11.4. The van der Waals surface area contributed by atoms with Crippen LogP contribution < -0.4 is 10.1 Å². The van der Waals surface area contributed by atoms with Gasteiger partial charge in [0.25, 0.3) is 5.91 Å². The van der Waals surface area contributed by atoms with Gasteiger partial charge in [0.2, 0.25) is 0 Å². The Hall–Kier alpha value is -3.19. The van der Waals surface area contributed by atoms with E-state index in [2.05, 4.69) is 15.3 Å². The number of methoxy groups -OCH3 is 1. The van der Waals surface area contributed by atoms with Crippen LogP contribution in [0.5, 0.6) is 5.75 Å². The van der Waals surface area contributed by atoms with Gasteiger partial charge in [-0.25, -0.2) is 9.97 Å². The summed E-state index contributed by atoms with van der Waals surface area (Å²) in [5.41, 5.74) is 3.22. The van der Waals surface area contributed by atoms with Crippen molar-refractivity contribution in [2.24, 2.45) is 0 Å². The molecule has 0 saturated heterocycles. The third-order valence-electron chi connectivity index (χ3n) is 4.07. The van der Waals surface area contributed by atoms with Crippen molar-refractivity contribution in [2.75, 3.05) is 12.4 Å². The highest BCUT2D eigenvalue weighted by atomic mass is 32.1. The van der Waals surface area contributed by atoms with Gasteiger partial charge in [0.15, 0.2) is 4.96 Å². The minimum Gasteiger partial charge on any atom is -0.497 e. The van der Waals surface area contributed by atoms with E-state index < -0.39 is 0 Å². The lowest BCUT2D eigenvalue weighted by Crippen LogP contribution is -2.15. The molecule has 0 aliphatic rings. The van der Waals surface area contributed by atoms with Crippen LogP contribution in [0.1, 0.15) is 16.1 Å². The van der Waals surface area contributed by atoms with E-state index in [9.17, 15) is 4.79 Å². The number of rotatable bonds is 4. The molecule has 130 valence electrons. The number of amides is 1. The molecule has 0 radical (unpaired) electrons. The quantitative estimate of drug-likeness (QED) is 0.594. The molecule has 26 heavy (non-hydrogen) atoms. The number of nitrogens with zero attached hydrogens (tertiary/aromatic N) is 3. The lowest BCUT2D eigenvalue weighted by Gasteiger charge is -2.05. The van der Waals surface area contributed by atoms with E-state index >= 15 is 0 Å². The fourth-order valence-electron chi connectivity index (χ4n) is 2.64. The number of fused-ring (bicyclic) bond motifs is 1. The highest BCUT2D eigenvalue weighted by Crippen LogP contribution is 2.25. The largest absolute Gasteiger partial charge is 0.497 e. The van der Waals surface area contributed by atoms with Crippen LogP contribution in [-0.2, 0) is 0 Å². The van der Waals surface area contributed by atoms with Gasteiger partial charge in [0, 0.05) is 23.3 Å². The van der Waals surface area contributed by atoms with Crippen LogP contribution in [0, 0.1) is 6.92 Å². The fourth-order valence-corrected chi connectivity index (χ4v) is 3.49. The monoisotopic (exact) mass is 364 g/mol. The van der Waals surface area contributed by atoms with Crippen molar-refractivity contribution in [3.05, 3.63) is 65.4 Å². The molecule has 0 spiro atoms. The molecule has 3 heterocycles. The summed E-state index contributed by atoms with van der Waals surface area (Å²) in [5, 5.41) is 4.66. The molecule has 6 nitrogen and oxygen atoms in total. The number of pyridine rings is 1. The van der Waals surface area contributed by atoms with Gasteiger partial charge < -0.3 is 10.1 Å². The van der Waals surface area contributed by atoms with Crippen LogP contribution in [-0.4, -0.2) is 27.4 Å². The maximum absolute atomic E-state index is 12.7. The minimum atomic E-state index is -0.211. The third-order valence-corrected chi connectivity index (χ3v) is 4.91. The lowest BCUT2D eigenvalue weighted by atomic mass is 10.2. The van der Waals surface area contributed by atoms with E-state index in [0.29, 0.717) is 11.5 Å². The Labute approximate surface area is 154 Å². The number of carbonyl (C=O) groups excluding carboxylic acids is 1. The number of benzene rings is 1. The zero-order chi connectivity index (χ0) is 18.1. The first kappa shape index (κ1) is 16.3. The molecular weight excluding hydrogens is 348 g/mol. The molecule has 3 aromatic heterocycles. The predicted molar refractivity (Wildman–Crippen MR) is 102 cm³/mol. The SMILES string of the molecule is COc1ccc(-c2cn3c(C(=O)Nc4ncccc4C)csc3n2)cc1. The number of thiazole rings is 1. The lowest BCUT2D eigenvalue weighted by molar-refractivity contribution is 0.102. The minimum absolute atomic E-state index is 0.211. The maximum Gasteiger partial charge on any atom is 0.274 e. The Bertz CT molecular complexity index is 1080. The van der Waals surface area contributed by atoms with E-state index in [-0.39, 0.29) is 5.91 Å². The highest BCUT2D eigenvalue weighted by Gasteiger charge is 2.16. The van der Waals surface area contributed by atoms with Crippen molar-refractivity contribution in [3.63, 3.8) is 0 Å². The number of nitrogens with one attached hydrogen (secondary N) is 1. The molecule has 1 amide bonds. The Kier molecular flexibility index (Phi) is 4.14. The van der Waals surface area contributed by atoms with E-state index in [0.717, 1.165) is 27.5 Å². The number of ether oxygens (including phenoxy) is 1. The molecule has 0 saturated carbocycles. The van der Waals surface area contributed by atoms with Gasteiger partial charge in [-0.2, -0.15) is 0 Å². The topological polar surface area (TPSA) is 68.5 Å². The van der Waals surface area contributed by atoms with Crippen molar-refractivity contribution >= 4 is 28.0 Å². The summed E-state index contributed by atoms with van der Waals surface area (Å²) in [6.45, 7) is 1.91. The predicted octanol–water partition coefficient (Wildman–Crippen LogP) is 4.03. The molecule has 0 fully saturated rings. The summed E-state index contributed by atoms with van der Waals surface area (Å²) in [4.78, 5) is 22.2. The van der Waals surface area contributed by atoms with Crippen molar-refractivity contribution in [2.45, 2.75) is 6.92 Å². The van der Waals surface area contributed by atoms with Gasteiger partial charge in [-0.15, -0.1) is 11.3 Å². The zero-order valence-corrected chi connectivity index (χ0v) is 15.1. The molecular formula is C19H16N4O2S. The molecule has 0 aliphatic heterocycles. The summed E-state index contributed by atoms with van der Waals surface area (Å²) < 4.78 is 6.99. The summed E-state index contributed by atoms with van der Waals surface area (Å²) >= 11 is 1.43. The Balaban J connectivity index is 1.65. The number of imidazole rings is 1. The summed E-state index contributed by atoms with van der Waals surface area (Å²) in [6.07, 6.45) is 3.53. The summed E-state index contributed by atoms with van der Waals surface area (Å²) in [5.74, 6) is 1.14. The van der Waals surface area contributed by atoms with Gasteiger partial charge in [-0.3, -0.25) is 9.20 Å². The molecule has 7 heteroatoms. The zero-order valence-electron chi connectivity index (χ0n) is 14.3.